The van der Waals surface area contributed by atoms with Crippen molar-refractivity contribution in [2.75, 3.05) is 13.6 Å². The van der Waals surface area contributed by atoms with Crippen LogP contribution in [0.15, 0.2) is 29.6 Å². The summed E-state index contributed by atoms with van der Waals surface area (Å²) in [6, 6.07) is 8.04. The zero-order valence-corrected chi connectivity index (χ0v) is 14.9. The third-order valence-corrected chi connectivity index (χ3v) is 4.79. The molecule has 24 heavy (non-hydrogen) atoms. The quantitative estimate of drug-likeness (QED) is 0.721. The summed E-state index contributed by atoms with van der Waals surface area (Å²) in [5, 5.41) is 5.20. The number of hydrogen-bond acceptors (Lipinski definition) is 5. The topological polar surface area (TPSA) is 85.1 Å². The molecule has 128 valence electrons. The highest BCUT2D eigenvalue weighted by molar-refractivity contribution is 7.13. The summed E-state index contributed by atoms with van der Waals surface area (Å²) >= 11 is 1.44. The Morgan fingerprint density at radius 2 is 2.00 bits per heavy atom. The number of carbonyl (C=O) groups excluding carboxylic acids is 2. The zero-order valence-electron chi connectivity index (χ0n) is 14.0. The monoisotopic (exact) mass is 345 g/mol. The van der Waals surface area contributed by atoms with Crippen LogP contribution >= 0.6 is 11.3 Å². The maximum absolute atomic E-state index is 12.5. The minimum absolute atomic E-state index is 0.102. The number of rotatable bonds is 8. The van der Waals surface area contributed by atoms with Crippen molar-refractivity contribution in [1.82, 2.24) is 10.3 Å². The molecule has 0 saturated heterocycles. The second-order valence-electron chi connectivity index (χ2n) is 5.77. The van der Waals surface area contributed by atoms with Gasteiger partial charge in [0.1, 0.15) is 10.7 Å². The molecule has 1 atom stereocenters. The van der Waals surface area contributed by atoms with Crippen LogP contribution in [0, 0.1) is 12.8 Å². The maximum Gasteiger partial charge on any atom is 0.223 e. The van der Waals surface area contributed by atoms with E-state index in [1.807, 2.05) is 31.2 Å². The number of aryl methyl sites for hydroxylation is 1. The Kier molecular flexibility index (Phi) is 6.63. The van der Waals surface area contributed by atoms with E-state index in [2.05, 4.69) is 10.3 Å². The number of nitrogens with two attached hydrogens (primary N) is 1. The molecule has 0 aliphatic heterocycles. The van der Waals surface area contributed by atoms with E-state index < -0.39 is 0 Å². The summed E-state index contributed by atoms with van der Waals surface area (Å²) in [6.45, 7) is 2.54. The second kappa shape index (κ2) is 8.70. The Morgan fingerprint density at radius 3 is 2.62 bits per heavy atom. The Hall–Kier alpha value is -2.05. The fourth-order valence-corrected chi connectivity index (χ4v) is 3.28. The Morgan fingerprint density at radius 1 is 1.29 bits per heavy atom. The van der Waals surface area contributed by atoms with Gasteiger partial charge in [-0.3, -0.25) is 9.59 Å². The van der Waals surface area contributed by atoms with E-state index in [0.29, 0.717) is 18.7 Å². The molecule has 0 fully saturated rings. The van der Waals surface area contributed by atoms with Crippen LogP contribution in [0.1, 0.15) is 35.3 Å². The molecule has 0 spiro atoms. The normalized spacial score (nSPS) is 12.0. The van der Waals surface area contributed by atoms with Crippen LogP contribution in [-0.2, 0) is 4.79 Å². The number of carbonyl (C=O) groups is 2. The van der Waals surface area contributed by atoms with Crippen LogP contribution in [-0.4, -0.2) is 30.3 Å². The highest BCUT2D eigenvalue weighted by atomic mass is 32.1. The molecule has 0 aliphatic rings. The molecule has 1 aromatic carbocycles. The predicted octanol–water partition coefficient (Wildman–Crippen LogP) is 2.79. The van der Waals surface area contributed by atoms with Gasteiger partial charge in [-0.25, -0.2) is 4.98 Å². The van der Waals surface area contributed by atoms with Crippen molar-refractivity contribution in [2.45, 2.75) is 26.2 Å². The van der Waals surface area contributed by atoms with E-state index in [1.54, 1.807) is 12.4 Å². The van der Waals surface area contributed by atoms with Gasteiger partial charge in [-0.1, -0.05) is 29.8 Å². The number of thiazole rings is 1. The van der Waals surface area contributed by atoms with Gasteiger partial charge in [0.15, 0.2) is 5.78 Å². The standard InChI is InChI=1S/C18H23N3O2S/c1-12-5-7-13(8-6-12)18-21-15(11-24-18)16(22)10-14(4-3-9-19)17(23)20-2/h5-8,11,14H,3-4,9-10,19H2,1-2H3,(H,20,23)/t14-/m1/s1. The van der Waals surface area contributed by atoms with Gasteiger partial charge in [-0.2, -0.15) is 0 Å². The van der Waals surface area contributed by atoms with Gasteiger partial charge in [0, 0.05) is 30.3 Å². The highest BCUT2D eigenvalue weighted by Gasteiger charge is 2.22. The van der Waals surface area contributed by atoms with Crippen LogP contribution in [0.4, 0.5) is 0 Å². The van der Waals surface area contributed by atoms with Crippen LogP contribution in [0.2, 0.25) is 0 Å². The molecule has 1 aromatic heterocycles. The van der Waals surface area contributed by atoms with Crippen molar-refractivity contribution in [2.24, 2.45) is 11.7 Å². The minimum Gasteiger partial charge on any atom is -0.359 e. The summed E-state index contributed by atoms with van der Waals surface area (Å²) in [4.78, 5) is 28.8. The molecule has 0 bridgehead atoms. The first kappa shape index (κ1) is 18.3. The first-order valence-electron chi connectivity index (χ1n) is 8.02. The Labute approximate surface area is 146 Å². The lowest BCUT2D eigenvalue weighted by Crippen LogP contribution is -2.29. The summed E-state index contributed by atoms with van der Waals surface area (Å²) in [5.41, 5.74) is 8.12. The summed E-state index contributed by atoms with van der Waals surface area (Å²) in [6.07, 6.45) is 1.49. The van der Waals surface area contributed by atoms with E-state index in [0.717, 1.165) is 17.0 Å². The van der Waals surface area contributed by atoms with Crippen molar-refractivity contribution in [3.63, 3.8) is 0 Å². The fourth-order valence-electron chi connectivity index (χ4n) is 2.45. The lowest BCUT2D eigenvalue weighted by Gasteiger charge is -2.13. The molecule has 0 aliphatic carbocycles. The van der Waals surface area contributed by atoms with Gasteiger partial charge < -0.3 is 11.1 Å². The summed E-state index contributed by atoms with van der Waals surface area (Å²) in [5.74, 6) is -0.573. The van der Waals surface area contributed by atoms with Gasteiger partial charge in [-0.15, -0.1) is 11.3 Å². The average Bonchev–Trinajstić information content (AvgIpc) is 3.08. The molecule has 2 rings (SSSR count). The molecule has 0 radical (unpaired) electrons. The SMILES string of the molecule is CNC(=O)[C@H](CCCN)CC(=O)c1csc(-c2ccc(C)cc2)n1. The number of benzene rings is 1. The summed E-state index contributed by atoms with van der Waals surface area (Å²) in [7, 11) is 1.58. The van der Waals surface area contributed by atoms with E-state index in [9.17, 15) is 9.59 Å². The molecule has 1 heterocycles. The third kappa shape index (κ3) is 4.72. The van der Waals surface area contributed by atoms with Crippen molar-refractivity contribution in [3.8, 4) is 10.6 Å². The number of Topliss-reactive ketones (excluding diaryl/α,β-unsaturated/α-hetero) is 1. The lowest BCUT2D eigenvalue weighted by atomic mass is 9.95. The molecule has 2 aromatic rings. The van der Waals surface area contributed by atoms with Gasteiger partial charge in [0.05, 0.1) is 0 Å². The van der Waals surface area contributed by atoms with E-state index in [4.69, 9.17) is 5.73 Å². The molecule has 5 nitrogen and oxygen atoms in total. The van der Waals surface area contributed by atoms with E-state index in [-0.39, 0.29) is 24.0 Å². The zero-order chi connectivity index (χ0) is 17.5. The number of amides is 1. The van der Waals surface area contributed by atoms with Gasteiger partial charge in [-0.05, 0) is 26.3 Å². The van der Waals surface area contributed by atoms with Crippen molar-refractivity contribution < 1.29 is 9.59 Å². The molecule has 3 N–H and O–H groups in total. The van der Waals surface area contributed by atoms with Crippen LogP contribution in [0.25, 0.3) is 10.6 Å². The molecule has 0 unspecified atom stereocenters. The van der Waals surface area contributed by atoms with Gasteiger partial charge in [0.2, 0.25) is 5.91 Å². The number of nitrogens with zero attached hydrogens (tertiary/aromatic N) is 1. The first-order chi connectivity index (χ1) is 11.5. The van der Waals surface area contributed by atoms with E-state index in [1.165, 1.54) is 16.9 Å². The fraction of sp³-hybridized carbons (Fsp3) is 0.389. The summed E-state index contributed by atoms with van der Waals surface area (Å²) < 4.78 is 0. The van der Waals surface area contributed by atoms with Crippen LogP contribution in [0.5, 0.6) is 0 Å². The molecule has 6 heteroatoms. The predicted molar refractivity (Wildman–Crippen MR) is 97.1 cm³/mol. The molecule has 0 saturated carbocycles. The lowest BCUT2D eigenvalue weighted by molar-refractivity contribution is -0.124. The van der Waals surface area contributed by atoms with Gasteiger partial charge >= 0.3 is 0 Å². The largest absolute Gasteiger partial charge is 0.359 e. The van der Waals surface area contributed by atoms with Crippen molar-refractivity contribution >= 4 is 23.0 Å². The van der Waals surface area contributed by atoms with E-state index >= 15 is 0 Å². The van der Waals surface area contributed by atoms with Crippen LogP contribution in [0.3, 0.4) is 0 Å². The number of hydrogen-bond donors (Lipinski definition) is 2. The molecular formula is C18H23N3O2S. The number of aromatic nitrogens is 1. The third-order valence-electron chi connectivity index (χ3n) is 3.89. The minimum atomic E-state index is -0.351. The number of ketones is 1. The average molecular weight is 345 g/mol. The van der Waals surface area contributed by atoms with Crippen molar-refractivity contribution in [3.05, 3.63) is 40.9 Å². The highest BCUT2D eigenvalue weighted by Crippen LogP contribution is 2.25. The smallest absolute Gasteiger partial charge is 0.223 e. The molecule has 1 amide bonds. The molecular weight excluding hydrogens is 322 g/mol. The first-order valence-corrected chi connectivity index (χ1v) is 8.90. The second-order valence-corrected chi connectivity index (χ2v) is 6.63. The van der Waals surface area contributed by atoms with Crippen molar-refractivity contribution in [1.29, 1.82) is 0 Å². The number of nitrogens with one attached hydrogen (secondary N) is 1. The Bertz CT molecular complexity index is 695. The Balaban J connectivity index is 2.09. The maximum atomic E-state index is 12.5. The van der Waals surface area contributed by atoms with Gasteiger partial charge in [0.25, 0.3) is 0 Å². The van der Waals surface area contributed by atoms with Crippen LogP contribution < -0.4 is 11.1 Å².